The second-order valence-corrected chi connectivity index (χ2v) is 4.97. The minimum Gasteiger partial charge on any atom is -0.491 e. The van der Waals surface area contributed by atoms with Crippen LogP contribution in [0.4, 0.5) is 0 Å². The number of rotatable bonds is 5. The number of hydrogen-bond acceptors (Lipinski definition) is 3. The van der Waals surface area contributed by atoms with Crippen molar-refractivity contribution in [2.24, 2.45) is 11.7 Å². The molecule has 0 heterocycles. The number of ether oxygens (including phenoxy) is 1. The van der Waals surface area contributed by atoms with E-state index in [0.717, 1.165) is 11.3 Å². The lowest BCUT2D eigenvalue weighted by molar-refractivity contribution is -0.00118. The maximum absolute atomic E-state index is 10.5. The smallest absolute Gasteiger partial charge is 0.119 e. The molecule has 0 aliphatic carbocycles. The van der Waals surface area contributed by atoms with Gasteiger partial charge in [0.05, 0.1) is 6.10 Å². The van der Waals surface area contributed by atoms with Crippen molar-refractivity contribution in [3.05, 3.63) is 29.8 Å². The molecular formula is C14H23NO2. The van der Waals surface area contributed by atoms with Crippen molar-refractivity contribution in [3.8, 4) is 5.75 Å². The van der Waals surface area contributed by atoms with E-state index in [0.29, 0.717) is 0 Å². The second kappa shape index (κ2) is 5.52. The highest BCUT2D eigenvalue weighted by molar-refractivity contribution is 5.31. The maximum Gasteiger partial charge on any atom is 0.119 e. The molecule has 1 rings (SSSR count). The molecule has 1 unspecified atom stereocenters. The number of benzene rings is 1. The summed E-state index contributed by atoms with van der Waals surface area (Å²) >= 11 is 0. The van der Waals surface area contributed by atoms with Gasteiger partial charge in [-0.1, -0.05) is 26.0 Å². The largest absolute Gasteiger partial charge is 0.491 e. The van der Waals surface area contributed by atoms with Crippen LogP contribution in [-0.2, 0) is 5.60 Å². The van der Waals surface area contributed by atoms with Crippen LogP contribution in [0, 0.1) is 5.92 Å². The van der Waals surface area contributed by atoms with Crippen molar-refractivity contribution in [3.63, 3.8) is 0 Å². The van der Waals surface area contributed by atoms with Crippen LogP contribution >= 0.6 is 0 Å². The zero-order valence-corrected chi connectivity index (χ0v) is 11.1. The Morgan fingerprint density at radius 2 is 1.71 bits per heavy atom. The molecule has 0 aliphatic rings. The Balaban J connectivity index is 2.93. The molecule has 0 spiro atoms. The van der Waals surface area contributed by atoms with Gasteiger partial charge in [0.15, 0.2) is 0 Å². The average molecular weight is 237 g/mol. The summed E-state index contributed by atoms with van der Waals surface area (Å²) < 4.78 is 5.56. The summed E-state index contributed by atoms with van der Waals surface area (Å²) in [6.07, 6.45) is 0.152. The Bertz CT molecular complexity index is 346. The minimum atomic E-state index is -0.962. The molecule has 1 atom stereocenters. The molecular weight excluding hydrogens is 214 g/mol. The zero-order valence-electron chi connectivity index (χ0n) is 11.1. The lowest BCUT2D eigenvalue weighted by Gasteiger charge is -2.31. The Hall–Kier alpha value is -1.06. The minimum absolute atomic E-state index is 0.0735. The van der Waals surface area contributed by atoms with Gasteiger partial charge in [-0.15, -0.1) is 0 Å². The first-order chi connectivity index (χ1) is 7.90. The lowest BCUT2D eigenvalue weighted by Crippen LogP contribution is -2.39. The third kappa shape index (κ3) is 3.20. The lowest BCUT2D eigenvalue weighted by atomic mass is 9.83. The first-order valence-electron chi connectivity index (χ1n) is 6.09. The SMILES string of the molecule is CC(C)Oc1ccc(C(O)(CN)C(C)C)cc1. The topological polar surface area (TPSA) is 55.5 Å². The molecule has 0 amide bonds. The van der Waals surface area contributed by atoms with Crippen molar-refractivity contribution in [2.75, 3.05) is 6.54 Å². The number of aliphatic hydroxyl groups is 1. The van der Waals surface area contributed by atoms with Crippen LogP contribution in [0.15, 0.2) is 24.3 Å². The van der Waals surface area contributed by atoms with E-state index in [2.05, 4.69) is 0 Å². The molecule has 0 saturated heterocycles. The molecule has 0 aliphatic heterocycles. The standard InChI is InChI=1S/C14H23NO2/c1-10(2)14(16,9-15)12-5-7-13(8-6-12)17-11(3)4/h5-8,10-11,16H,9,15H2,1-4H3. The van der Waals surface area contributed by atoms with Crippen molar-refractivity contribution in [2.45, 2.75) is 39.4 Å². The third-order valence-electron chi connectivity index (χ3n) is 2.99. The summed E-state index contributed by atoms with van der Waals surface area (Å²) in [4.78, 5) is 0. The summed E-state index contributed by atoms with van der Waals surface area (Å²) in [5, 5.41) is 10.5. The van der Waals surface area contributed by atoms with E-state index >= 15 is 0 Å². The van der Waals surface area contributed by atoms with Crippen LogP contribution < -0.4 is 10.5 Å². The van der Waals surface area contributed by atoms with Crippen molar-refractivity contribution >= 4 is 0 Å². The van der Waals surface area contributed by atoms with E-state index in [1.165, 1.54) is 0 Å². The normalized spacial score (nSPS) is 15.1. The summed E-state index contributed by atoms with van der Waals surface area (Å²) in [5.41, 5.74) is 5.55. The molecule has 3 nitrogen and oxygen atoms in total. The van der Waals surface area contributed by atoms with Crippen LogP contribution in [0.3, 0.4) is 0 Å². The fourth-order valence-electron chi connectivity index (χ4n) is 1.78. The third-order valence-corrected chi connectivity index (χ3v) is 2.99. The van der Waals surface area contributed by atoms with E-state index in [9.17, 15) is 5.11 Å². The Morgan fingerprint density at radius 1 is 1.18 bits per heavy atom. The van der Waals surface area contributed by atoms with Gasteiger partial charge in [-0.2, -0.15) is 0 Å². The summed E-state index contributed by atoms with van der Waals surface area (Å²) in [7, 11) is 0. The van der Waals surface area contributed by atoms with Crippen LogP contribution in [0.2, 0.25) is 0 Å². The molecule has 3 N–H and O–H groups in total. The Labute approximate surface area is 104 Å². The highest BCUT2D eigenvalue weighted by atomic mass is 16.5. The van der Waals surface area contributed by atoms with Gasteiger partial charge in [-0.05, 0) is 37.5 Å². The van der Waals surface area contributed by atoms with Gasteiger partial charge < -0.3 is 15.6 Å². The van der Waals surface area contributed by atoms with Gasteiger partial charge in [0.1, 0.15) is 11.4 Å². The Morgan fingerprint density at radius 3 is 2.06 bits per heavy atom. The van der Waals surface area contributed by atoms with Gasteiger partial charge >= 0.3 is 0 Å². The monoisotopic (exact) mass is 237 g/mol. The van der Waals surface area contributed by atoms with Gasteiger partial charge in [0, 0.05) is 6.54 Å². The van der Waals surface area contributed by atoms with E-state index in [4.69, 9.17) is 10.5 Å². The van der Waals surface area contributed by atoms with Crippen molar-refractivity contribution < 1.29 is 9.84 Å². The summed E-state index contributed by atoms with van der Waals surface area (Å²) in [6, 6.07) is 7.51. The molecule has 17 heavy (non-hydrogen) atoms. The summed E-state index contributed by atoms with van der Waals surface area (Å²) in [5.74, 6) is 0.885. The highest BCUT2D eigenvalue weighted by Gasteiger charge is 2.31. The first kappa shape index (κ1) is 14.0. The molecule has 0 radical (unpaired) electrons. The molecule has 0 fully saturated rings. The molecule has 1 aromatic rings. The predicted octanol–water partition coefficient (Wildman–Crippen LogP) is 2.28. The maximum atomic E-state index is 10.5. The summed E-state index contributed by atoms with van der Waals surface area (Å²) in [6.45, 7) is 8.11. The first-order valence-corrected chi connectivity index (χ1v) is 6.09. The highest BCUT2D eigenvalue weighted by Crippen LogP contribution is 2.29. The van der Waals surface area contributed by atoms with Gasteiger partial charge in [-0.3, -0.25) is 0 Å². The second-order valence-electron chi connectivity index (χ2n) is 4.97. The molecule has 96 valence electrons. The van der Waals surface area contributed by atoms with Crippen LogP contribution in [0.25, 0.3) is 0 Å². The van der Waals surface area contributed by atoms with E-state index in [1.807, 2.05) is 52.0 Å². The average Bonchev–Trinajstić information content (AvgIpc) is 2.28. The van der Waals surface area contributed by atoms with Gasteiger partial charge in [-0.25, -0.2) is 0 Å². The van der Waals surface area contributed by atoms with Gasteiger partial charge in [0.2, 0.25) is 0 Å². The zero-order chi connectivity index (χ0) is 13.1. The Kier molecular flexibility index (Phi) is 4.54. The van der Waals surface area contributed by atoms with Crippen LogP contribution in [0.5, 0.6) is 5.75 Å². The van der Waals surface area contributed by atoms with E-state index in [-0.39, 0.29) is 18.6 Å². The number of nitrogens with two attached hydrogens (primary N) is 1. The van der Waals surface area contributed by atoms with Crippen LogP contribution in [0.1, 0.15) is 33.3 Å². The fourth-order valence-corrected chi connectivity index (χ4v) is 1.78. The molecule has 0 bridgehead atoms. The van der Waals surface area contributed by atoms with Gasteiger partial charge in [0.25, 0.3) is 0 Å². The fraction of sp³-hybridized carbons (Fsp3) is 0.571. The molecule has 3 heteroatoms. The number of hydrogen-bond donors (Lipinski definition) is 2. The quantitative estimate of drug-likeness (QED) is 0.826. The predicted molar refractivity (Wildman–Crippen MR) is 70.0 cm³/mol. The van der Waals surface area contributed by atoms with Crippen molar-refractivity contribution in [1.29, 1.82) is 0 Å². The van der Waals surface area contributed by atoms with E-state index < -0.39 is 5.60 Å². The van der Waals surface area contributed by atoms with Crippen LogP contribution in [-0.4, -0.2) is 17.8 Å². The van der Waals surface area contributed by atoms with Crippen molar-refractivity contribution in [1.82, 2.24) is 0 Å². The molecule has 0 saturated carbocycles. The molecule has 1 aromatic carbocycles. The van der Waals surface area contributed by atoms with E-state index in [1.54, 1.807) is 0 Å². The molecule has 0 aromatic heterocycles.